The number of nitrogens with zero attached hydrogens (tertiary/aromatic N) is 3. The van der Waals surface area contributed by atoms with Gasteiger partial charge in [0.05, 0.1) is 11.9 Å². The van der Waals surface area contributed by atoms with Crippen molar-refractivity contribution in [3.05, 3.63) is 48.4 Å². The summed E-state index contributed by atoms with van der Waals surface area (Å²) >= 11 is 0. The van der Waals surface area contributed by atoms with Crippen molar-refractivity contribution < 1.29 is 13.6 Å². The largest absolute Gasteiger partial charge is 0.378 e. The third-order valence-electron chi connectivity index (χ3n) is 5.08. The maximum atomic E-state index is 13.3. The molecule has 1 fully saturated rings. The number of aromatic nitrogens is 3. The number of hydrogen-bond donors (Lipinski definition) is 2. The van der Waals surface area contributed by atoms with Crippen LogP contribution in [-0.4, -0.2) is 40.4 Å². The van der Waals surface area contributed by atoms with Crippen molar-refractivity contribution in [2.45, 2.75) is 19.3 Å². The Morgan fingerprint density at radius 3 is 3.00 bits per heavy atom. The van der Waals surface area contributed by atoms with Crippen LogP contribution in [0.1, 0.15) is 19.3 Å². The number of carbonyl (C=O) groups is 1. The molecule has 28 heavy (non-hydrogen) atoms. The highest BCUT2D eigenvalue weighted by atomic mass is 19.2. The van der Waals surface area contributed by atoms with E-state index in [1.807, 2.05) is 12.3 Å². The lowest BCUT2D eigenvalue weighted by Crippen LogP contribution is -2.37. The Kier molecular flexibility index (Phi) is 5.18. The molecule has 0 amide bonds. The van der Waals surface area contributed by atoms with Crippen LogP contribution in [-0.2, 0) is 4.79 Å². The molecule has 8 heteroatoms. The summed E-state index contributed by atoms with van der Waals surface area (Å²) in [7, 11) is 0. The van der Waals surface area contributed by atoms with Crippen LogP contribution in [0.15, 0.2) is 36.8 Å². The van der Waals surface area contributed by atoms with Gasteiger partial charge in [-0.05, 0) is 37.0 Å². The van der Waals surface area contributed by atoms with E-state index in [1.54, 1.807) is 6.33 Å². The number of piperidine rings is 1. The van der Waals surface area contributed by atoms with Gasteiger partial charge in [-0.15, -0.1) is 0 Å². The molecule has 1 aromatic carbocycles. The van der Waals surface area contributed by atoms with E-state index in [1.165, 1.54) is 6.07 Å². The van der Waals surface area contributed by atoms with Gasteiger partial charge in [0.15, 0.2) is 17.4 Å². The molecule has 1 saturated heterocycles. The number of benzene rings is 1. The molecule has 3 heterocycles. The summed E-state index contributed by atoms with van der Waals surface area (Å²) in [5, 5.41) is 3.85. The van der Waals surface area contributed by atoms with Gasteiger partial charge in [-0.25, -0.2) is 18.7 Å². The first-order valence-corrected chi connectivity index (χ1v) is 9.34. The minimum absolute atomic E-state index is 0.0473. The molecular formula is C20H21F2N5O. The van der Waals surface area contributed by atoms with E-state index in [9.17, 15) is 13.6 Å². The highest BCUT2D eigenvalue weighted by Crippen LogP contribution is 2.28. The predicted molar refractivity (Wildman–Crippen MR) is 103 cm³/mol. The Labute approximate surface area is 161 Å². The molecule has 3 aromatic rings. The standard InChI is InChI=1S/C20H21F2N5O/c21-17-4-3-14(9-18(17)22)24-10-15(28)8-13-2-1-7-27(11-13)20-16-5-6-23-19(16)25-12-26-20/h3-6,9,12-13,24H,1-2,7-8,10-11H2,(H,23,25,26). The summed E-state index contributed by atoms with van der Waals surface area (Å²) < 4.78 is 26.2. The van der Waals surface area contributed by atoms with Crippen LogP contribution in [0.3, 0.4) is 0 Å². The number of carbonyl (C=O) groups excluding carboxylic acids is 1. The number of halogens is 2. The van der Waals surface area contributed by atoms with Crippen molar-refractivity contribution in [3.8, 4) is 0 Å². The molecule has 0 aliphatic carbocycles. The first-order chi connectivity index (χ1) is 13.6. The number of rotatable bonds is 6. The molecule has 1 aliphatic rings. The zero-order valence-electron chi connectivity index (χ0n) is 15.3. The van der Waals surface area contributed by atoms with Crippen LogP contribution in [0.4, 0.5) is 20.3 Å². The van der Waals surface area contributed by atoms with Crippen LogP contribution in [0, 0.1) is 17.6 Å². The number of aromatic amines is 1. The zero-order chi connectivity index (χ0) is 19.5. The SMILES string of the molecule is O=C(CNc1ccc(F)c(F)c1)CC1CCCN(c2ncnc3[nH]ccc23)C1. The van der Waals surface area contributed by atoms with Gasteiger partial charge in [-0.3, -0.25) is 4.79 Å². The average molecular weight is 385 g/mol. The van der Waals surface area contributed by atoms with E-state index < -0.39 is 11.6 Å². The maximum absolute atomic E-state index is 13.3. The summed E-state index contributed by atoms with van der Waals surface area (Å²) in [6.45, 7) is 1.75. The Morgan fingerprint density at radius 2 is 2.14 bits per heavy atom. The van der Waals surface area contributed by atoms with Gasteiger partial charge < -0.3 is 15.2 Å². The van der Waals surface area contributed by atoms with Gasteiger partial charge in [-0.1, -0.05) is 0 Å². The Morgan fingerprint density at radius 1 is 1.25 bits per heavy atom. The molecule has 1 aliphatic heterocycles. The monoisotopic (exact) mass is 385 g/mol. The van der Waals surface area contributed by atoms with Crippen molar-refractivity contribution in [1.29, 1.82) is 0 Å². The van der Waals surface area contributed by atoms with Crippen LogP contribution < -0.4 is 10.2 Å². The Hall–Kier alpha value is -3.03. The van der Waals surface area contributed by atoms with Gasteiger partial charge in [0.25, 0.3) is 0 Å². The van der Waals surface area contributed by atoms with Crippen molar-refractivity contribution in [2.24, 2.45) is 5.92 Å². The molecule has 1 atom stereocenters. The minimum Gasteiger partial charge on any atom is -0.378 e. The van der Waals surface area contributed by atoms with Gasteiger partial charge in [0, 0.05) is 37.5 Å². The first-order valence-electron chi connectivity index (χ1n) is 9.34. The van der Waals surface area contributed by atoms with Crippen LogP contribution in [0.25, 0.3) is 11.0 Å². The van der Waals surface area contributed by atoms with E-state index in [0.29, 0.717) is 12.1 Å². The summed E-state index contributed by atoms with van der Waals surface area (Å²) in [5.74, 6) is -0.659. The molecule has 146 valence electrons. The van der Waals surface area contributed by atoms with Crippen molar-refractivity contribution in [1.82, 2.24) is 15.0 Å². The quantitative estimate of drug-likeness (QED) is 0.679. The van der Waals surface area contributed by atoms with E-state index in [4.69, 9.17) is 0 Å². The zero-order valence-corrected chi connectivity index (χ0v) is 15.3. The van der Waals surface area contributed by atoms with Gasteiger partial charge in [0.2, 0.25) is 0 Å². The molecule has 1 unspecified atom stereocenters. The highest BCUT2D eigenvalue weighted by molar-refractivity contribution is 5.87. The smallest absolute Gasteiger partial charge is 0.160 e. The average Bonchev–Trinajstić information content (AvgIpc) is 3.18. The molecule has 6 nitrogen and oxygen atoms in total. The Balaban J connectivity index is 1.35. The van der Waals surface area contributed by atoms with Crippen molar-refractivity contribution >= 4 is 28.3 Å². The molecule has 0 bridgehead atoms. The van der Waals surface area contributed by atoms with Gasteiger partial charge >= 0.3 is 0 Å². The number of nitrogens with one attached hydrogen (secondary N) is 2. The van der Waals surface area contributed by atoms with E-state index in [0.717, 1.165) is 54.9 Å². The number of hydrogen-bond acceptors (Lipinski definition) is 5. The number of Topliss-reactive ketones (excluding diaryl/α,β-unsaturated/α-hetero) is 1. The predicted octanol–water partition coefficient (Wildman–Crippen LogP) is 3.52. The van der Waals surface area contributed by atoms with E-state index in [-0.39, 0.29) is 18.2 Å². The van der Waals surface area contributed by atoms with Crippen LogP contribution >= 0.6 is 0 Å². The fourth-order valence-corrected chi connectivity index (χ4v) is 3.74. The number of anilines is 2. The fourth-order valence-electron chi connectivity index (χ4n) is 3.74. The van der Waals surface area contributed by atoms with E-state index >= 15 is 0 Å². The molecule has 2 aromatic heterocycles. The Bertz CT molecular complexity index is 990. The van der Waals surface area contributed by atoms with E-state index in [2.05, 4.69) is 25.2 Å². The topological polar surface area (TPSA) is 73.9 Å². The number of ketones is 1. The lowest BCUT2D eigenvalue weighted by molar-refractivity contribution is -0.118. The summed E-state index contributed by atoms with van der Waals surface area (Å²) in [6, 6.07) is 5.49. The molecule has 2 N–H and O–H groups in total. The minimum atomic E-state index is -0.929. The second-order valence-corrected chi connectivity index (χ2v) is 7.12. The van der Waals surface area contributed by atoms with Crippen LogP contribution in [0.2, 0.25) is 0 Å². The maximum Gasteiger partial charge on any atom is 0.160 e. The van der Waals surface area contributed by atoms with Gasteiger partial charge in [0.1, 0.15) is 17.8 Å². The van der Waals surface area contributed by atoms with Crippen molar-refractivity contribution in [2.75, 3.05) is 29.9 Å². The summed E-state index contributed by atoms with van der Waals surface area (Å²) in [4.78, 5) is 26.3. The lowest BCUT2D eigenvalue weighted by atomic mass is 9.92. The first kappa shape index (κ1) is 18.3. The number of H-pyrrole nitrogens is 1. The molecule has 0 saturated carbocycles. The fraction of sp³-hybridized carbons (Fsp3) is 0.350. The third kappa shape index (κ3) is 3.95. The second-order valence-electron chi connectivity index (χ2n) is 7.12. The third-order valence-corrected chi connectivity index (χ3v) is 5.08. The van der Waals surface area contributed by atoms with Crippen LogP contribution in [0.5, 0.6) is 0 Å². The highest BCUT2D eigenvalue weighted by Gasteiger charge is 2.24. The molecular weight excluding hydrogens is 364 g/mol. The van der Waals surface area contributed by atoms with Crippen molar-refractivity contribution in [3.63, 3.8) is 0 Å². The number of fused-ring (bicyclic) bond motifs is 1. The second kappa shape index (κ2) is 7.92. The molecule has 0 radical (unpaired) electrons. The summed E-state index contributed by atoms with van der Waals surface area (Å²) in [6.07, 6.45) is 5.81. The summed E-state index contributed by atoms with van der Waals surface area (Å²) in [5.41, 5.74) is 1.20. The normalized spacial score (nSPS) is 17.1. The molecule has 4 rings (SSSR count). The lowest BCUT2D eigenvalue weighted by Gasteiger charge is -2.33. The molecule has 0 spiro atoms. The van der Waals surface area contributed by atoms with Gasteiger partial charge in [-0.2, -0.15) is 0 Å².